The van der Waals surface area contributed by atoms with Gasteiger partial charge in [0.2, 0.25) is 11.8 Å². The zero-order valence-electron chi connectivity index (χ0n) is 24.9. The third-order valence-electron chi connectivity index (χ3n) is 10.1. The van der Waals surface area contributed by atoms with Gasteiger partial charge < -0.3 is 5.11 Å². The Bertz CT molecular complexity index is 1940. The molecule has 240 valence electrons. The monoisotopic (exact) mass is 677 g/mol. The fourth-order valence-corrected chi connectivity index (χ4v) is 8.84. The second kappa shape index (κ2) is 10.4. The maximum absolute atomic E-state index is 14.5. The number of nitro benzene ring substituents is 1. The Kier molecular flexibility index (Phi) is 6.89. The second-order valence-electron chi connectivity index (χ2n) is 12.5. The van der Waals surface area contributed by atoms with E-state index in [1.165, 1.54) is 36.4 Å². The van der Waals surface area contributed by atoms with Crippen molar-refractivity contribution in [1.82, 2.24) is 0 Å². The number of carbonyl (C=O) groups excluding carboxylic acids is 4. The van der Waals surface area contributed by atoms with Crippen LogP contribution in [0.15, 0.2) is 72.3 Å². The van der Waals surface area contributed by atoms with Gasteiger partial charge in [0.1, 0.15) is 11.6 Å². The van der Waals surface area contributed by atoms with Gasteiger partial charge in [-0.3, -0.25) is 34.2 Å². The standard InChI is InChI=1S/C34H26Cl2FN3O7/c1-16-13-18(14-17(2)28(16)41)27-23-11-12-24-26(30(43)38(29(24)42)20-7-9-22(10-8-20)40(46)47)25(23)15-33(35)31(44)39(32(45)34(27,33)36)21-5-3-19(37)4-6-21/h3-11,13-14,24-27,41H,12,15H2,1-2H3/t24-,25+,26-,27-,33+,34-/m0/s1. The zero-order chi connectivity index (χ0) is 33.7. The van der Waals surface area contributed by atoms with Gasteiger partial charge in [-0.05, 0) is 85.7 Å². The number of nitro groups is 1. The molecular weight excluding hydrogens is 652 g/mol. The molecule has 3 aromatic rings. The molecule has 47 heavy (non-hydrogen) atoms. The zero-order valence-corrected chi connectivity index (χ0v) is 26.5. The van der Waals surface area contributed by atoms with Crippen molar-refractivity contribution < 1.29 is 33.6 Å². The van der Waals surface area contributed by atoms with Crippen molar-refractivity contribution >= 4 is 63.9 Å². The Balaban J connectivity index is 1.39. The number of nitrogens with zero attached hydrogens (tertiary/aromatic N) is 3. The van der Waals surface area contributed by atoms with Gasteiger partial charge in [-0.1, -0.05) is 23.8 Å². The molecule has 3 fully saturated rings. The fraction of sp³-hybridized carbons (Fsp3) is 0.294. The molecule has 0 radical (unpaired) electrons. The number of halogens is 3. The van der Waals surface area contributed by atoms with Crippen LogP contribution in [-0.4, -0.2) is 43.4 Å². The van der Waals surface area contributed by atoms with Crippen LogP contribution in [-0.2, 0) is 19.2 Å². The SMILES string of the molecule is Cc1cc([C@H]2C3=CC[C@@H]4C(=O)N(c5ccc([N+](=O)[O-])cc5)C(=O)[C@@H]4[C@@H]3C[C@@]3(Cl)C(=O)N(c4ccc(F)cc4)C(=O)[C@@]23Cl)cc(C)c1O. The van der Waals surface area contributed by atoms with Gasteiger partial charge in [0.15, 0.2) is 9.75 Å². The van der Waals surface area contributed by atoms with Crippen LogP contribution in [0.5, 0.6) is 5.75 Å². The third kappa shape index (κ3) is 4.15. The highest BCUT2D eigenvalue weighted by atomic mass is 35.5. The molecular formula is C34H26Cl2FN3O7. The Morgan fingerprint density at radius 2 is 1.45 bits per heavy atom. The van der Waals surface area contributed by atoms with Crippen LogP contribution in [0, 0.1) is 47.5 Å². The summed E-state index contributed by atoms with van der Waals surface area (Å²) < 4.78 is 13.8. The maximum Gasteiger partial charge on any atom is 0.269 e. The molecule has 2 aliphatic carbocycles. The third-order valence-corrected chi connectivity index (χ3v) is 11.5. The molecule has 0 unspecified atom stereocenters. The minimum atomic E-state index is -2.10. The van der Waals surface area contributed by atoms with Crippen molar-refractivity contribution in [2.45, 2.75) is 42.4 Å². The van der Waals surface area contributed by atoms with Crippen LogP contribution in [0.4, 0.5) is 21.5 Å². The predicted octanol–water partition coefficient (Wildman–Crippen LogP) is 5.82. The van der Waals surface area contributed by atoms with Crippen LogP contribution >= 0.6 is 23.2 Å². The molecule has 6 atom stereocenters. The van der Waals surface area contributed by atoms with Crippen LogP contribution < -0.4 is 9.80 Å². The number of phenolic OH excluding ortho intramolecular Hbond substituents is 1. The predicted molar refractivity (Wildman–Crippen MR) is 170 cm³/mol. The van der Waals surface area contributed by atoms with E-state index in [9.17, 15) is 38.8 Å². The Morgan fingerprint density at radius 3 is 2.04 bits per heavy atom. The van der Waals surface area contributed by atoms with Gasteiger partial charge in [-0.15, -0.1) is 23.2 Å². The molecule has 10 nitrogen and oxygen atoms in total. The highest BCUT2D eigenvalue weighted by Crippen LogP contribution is 2.66. The Morgan fingerprint density at radius 1 is 0.872 bits per heavy atom. The number of allylic oxidation sites excluding steroid dienone is 2. The second-order valence-corrected chi connectivity index (χ2v) is 13.8. The van der Waals surface area contributed by atoms with Gasteiger partial charge in [-0.2, -0.15) is 0 Å². The van der Waals surface area contributed by atoms with Crippen LogP contribution in [0.2, 0.25) is 0 Å². The largest absolute Gasteiger partial charge is 0.507 e. The van der Waals surface area contributed by atoms with Crippen LogP contribution in [0.3, 0.4) is 0 Å². The van der Waals surface area contributed by atoms with Gasteiger partial charge in [-0.25, -0.2) is 9.29 Å². The molecule has 0 aromatic heterocycles. The number of fused-ring (bicyclic) bond motifs is 4. The number of aryl methyl sites for hydroxylation is 2. The van der Waals surface area contributed by atoms with E-state index in [4.69, 9.17) is 23.2 Å². The highest BCUT2D eigenvalue weighted by Gasteiger charge is 2.76. The van der Waals surface area contributed by atoms with Gasteiger partial charge >= 0.3 is 0 Å². The van der Waals surface area contributed by atoms with Crippen molar-refractivity contribution in [1.29, 1.82) is 0 Å². The Hall–Kier alpha value is -4.61. The van der Waals surface area contributed by atoms with E-state index in [-0.39, 0.29) is 35.7 Å². The summed E-state index contributed by atoms with van der Waals surface area (Å²) >= 11 is 14.8. The first-order chi connectivity index (χ1) is 22.2. The molecule has 0 bridgehead atoms. The minimum Gasteiger partial charge on any atom is -0.507 e. The van der Waals surface area contributed by atoms with Crippen LogP contribution in [0.1, 0.15) is 35.4 Å². The van der Waals surface area contributed by atoms with E-state index in [2.05, 4.69) is 0 Å². The van der Waals surface area contributed by atoms with Crippen molar-refractivity contribution in [2.24, 2.45) is 17.8 Å². The smallest absolute Gasteiger partial charge is 0.269 e. The Labute approximate surface area is 277 Å². The van der Waals surface area contributed by atoms with Crippen molar-refractivity contribution in [2.75, 3.05) is 9.80 Å². The van der Waals surface area contributed by atoms with E-state index in [1.54, 1.807) is 32.1 Å². The molecule has 3 aromatic carbocycles. The quantitative estimate of drug-likeness (QED) is 0.121. The van der Waals surface area contributed by atoms with E-state index in [0.717, 1.165) is 21.9 Å². The molecule has 4 amide bonds. The van der Waals surface area contributed by atoms with Crippen molar-refractivity contribution in [3.8, 4) is 5.75 Å². The average Bonchev–Trinajstić information content (AvgIpc) is 3.37. The molecule has 0 spiro atoms. The fourth-order valence-electron chi connectivity index (χ4n) is 7.91. The van der Waals surface area contributed by atoms with E-state index >= 15 is 0 Å². The van der Waals surface area contributed by atoms with Crippen molar-refractivity contribution in [3.05, 3.63) is 105 Å². The molecule has 2 heterocycles. The molecule has 7 rings (SSSR count). The molecule has 2 aliphatic heterocycles. The summed E-state index contributed by atoms with van der Waals surface area (Å²) in [4.78, 5) is 65.0. The number of hydrogen-bond acceptors (Lipinski definition) is 7. The number of benzene rings is 3. The summed E-state index contributed by atoms with van der Waals surface area (Å²) in [6.07, 6.45) is 1.66. The lowest BCUT2D eigenvalue weighted by Gasteiger charge is -2.50. The number of aromatic hydroxyl groups is 1. The summed E-state index contributed by atoms with van der Waals surface area (Å²) in [5.74, 6) is -6.91. The number of rotatable bonds is 4. The summed E-state index contributed by atoms with van der Waals surface area (Å²) in [5.41, 5.74) is 2.05. The maximum atomic E-state index is 14.5. The molecule has 4 aliphatic rings. The molecule has 1 saturated carbocycles. The molecule has 2 saturated heterocycles. The van der Waals surface area contributed by atoms with E-state index in [1.807, 2.05) is 0 Å². The molecule has 1 N–H and O–H groups in total. The number of non-ortho nitro benzene ring substituents is 1. The number of anilines is 2. The first kappa shape index (κ1) is 31.0. The summed E-state index contributed by atoms with van der Waals surface area (Å²) in [7, 11) is 0. The van der Waals surface area contributed by atoms with E-state index in [0.29, 0.717) is 22.3 Å². The van der Waals surface area contributed by atoms with Gasteiger partial charge in [0.05, 0.1) is 28.1 Å². The van der Waals surface area contributed by atoms with Gasteiger partial charge in [0.25, 0.3) is 17.5 Å². The lowest BCUT2D eigenvalue weighted by atomic mass is 9.56. The number of carbonyl (C=O) groups is 4. The van der Waals surface area contributed by atoms with Crippen molar-refractivity contribution in [3.63, 3.8) is 0 Å². The first-order valence-electron chi connectivity index (χ1n) is 14.9. The summed E-state index contributed by atoms with van der Waals surface area (Å²) in [5, 5.41) is 21.8. The first-order valence-corrected chi connectivity index (χ1v) is 15.6. The summed E-state index contributed by atoms with van der Waals surface area (Å²) in [6.45, 7) is 3.36. The van der Waals surface area contributed by atoms with Crippen LogP contribution in [0.25, 0.3) is 0 Å². The number of amides is 4. The van der Waals surface area contributed by atoms with E-state index < -0.39 is 67.8 Å². The number of imide groups is 2. The number of hydrogen-bond donors (Lipinski definition) is 1. The highest BCUT2D eigenvalue weighted by molar-refractivity contribution is 6.58. The normalized spacial score (nSPS) is 29.9. The lowest BCUT2D eigenvalue weighted by Crippen LogP contribution is -2.60. The molecule has 13 heteroatoms. The summed E-state index contributed by atoms with van der Waals surface area (Å²) in [6, 6.07) is 13.1. The number of phenols is 1. The lowest BCUT2D eigenvalue weighted by molar-refractivity contribution is -0.384. The number of alkyl halides is 2. The average molecular weight is 679 g/mol. The minimum absolute atomic E-state index is 0.0385. The topological polar surface area (TPSA) is 138 Å². The van der Waals surface area contributed by atoms with Gasteiger partial charge in [0, 0.05) is 18.1 Å².